The molecule has 8 nitrogen and oxygen atoms in total. The Labute approximate surface area is 144 Å². The maximum absolute atomic E-state index is 12.7. The van der Waals surface area contributed by atoms with Crippen molar-refractivity contribution >= 4 is 5.97 Å². The number of hydrogen-bond donors (Lipinski definition) is 0. The number of epoxide rings is 1. The standard InChI is InChI=1S/C17H20N2O6/c1-18-13-7-11(8-14(18)16-15(13)25-16)24-17(20)12(9-23-19(21)22)10-5-3-2-4-6-10/h2-6,11-16H,7-9H2,1H3. The highest BCUT2D eigenvalue weighted by Crippen LogP contribution is 2.48. The fourth-order valence-corrected chi connectivity index (χ4v) is 4.16. The third-order valence-electron chi connectivity index (χ3n) is 5.49. The smallest absolute Gasteiger partial charge is 0.315 e. The van der Waals surface area contributed by atoms with Crippen LogP contribution in [0.15, 0.2) is 30.3 Å². The van der Waals surface area contributed by atoms with E-state index in [-0.39, 0.29) is 37.0 Å². The molecule has 3 heterocycles. The number of ether oxygens (including phenoxy) is 2. The van der Waals surface area contributed by atoms with Gasteiger partial charge >= 0.3 is 5.97 Å². The maximum atomic E-state index is 12.7. The molecule has 2 bridgehead atoms. The van der Waals surface area contributed by atoms with E-state index in [1.165, 1.54) is 0 Å². The summed E-state index contributed by atoms with van der Waals surface area (Å²) in [5, 5.41) is 9.65. The number of hydrogen-bond acceptors (Lipinski definition) is 7. The average molecular weight is 348 g/mol. The lowest BCUT2D eigenvalue weighted by Crippen LogP contribution is -2.48. The van der Waals surface area contributed by atoms with Crippen LogP contribution in [0.2, 0.25) is 0 Å². The highest BCUT2D eigenvalue weighted by Gasteiger charge is 2.62. The monoisotopic (exact) mass is 348 g/mol. The predicted molar refractivity (Wildman–Crippen MR) is 85.2 cm³/mol. The van der Waals surface area contributed by atoms with E-state index in [9.17, 15) is 14.9 Å². The Morgan fingerprint density at radius 2 is 1.96 bits per heavy atom. The molecule has 0 aliphatic carbocycles. The lowest BCUT2D eigenvalue weighted by atomic mass is 9.97. The van der Waals surface area contributed by atoms with Gasteiger partial charge in [-0.2, -0.15) is 0 Å². The maximum Gasteiger partial charge on any atom is 0.315 e. The van der Waals surface area contributed by atoms with Crippen molar-refractivity contribution in [3.8, 4) is 0 Å². The van der Waals surface area contributed by atoms with Gasteiger partial charge in [-0.3, -0.25) is 9.69 Å². The number of rotatable bonds is 6. The van der Waals surface area contributed by atoms with Crippen LogP contribution in [0.5, 0.6) is 0 Å². The lowest BCUT2D eigenvalue weighted by molar-refractivity contribution is -0.758. The molecule has 25 heavy (non-hydrogen) atoms. The summed E-state index contributed by atoms with van der Waals surface area (Å²) < 4.78 is 11.4. The van der Waals surface area contributed by atoms with Crippen LogP contribution in [0.3, 0.4) is 0 Å². The van der Waals surface area contributed by atoms with Crippen molar-refractivity contribution in [2.24, 2.45) is 0 Å². The van der Waals surface area contributed by atoms with E-state index in [1.54, 1.807) is 24.3 Å². The Kier molecular flexibility index (Phi) is 4.09. The first-order chi connectivity index (χ1) is 12.0. The molecule has 0 aromatic heterocycles. The van der Waals surface area contributed by atoms with Gasteiger partial charge in [-0.05, 0) is 12.6 Å². The minimum atomic E-state index is -0.885. The zero-order valence-electron chi connectivity index (χ0n) is 13.8. The van der Waals surface area contributed by atoms with Gasteiger partial charge < -0.3 is 14.3 Å². The quantitative estimate of drug-likeness (QED) is 0.329. The molecule has 3 fully saturated rings. The van der Waals surface area contributed by atoms with Crippen molar-refractivity contribution in [2.45, 2.75) is 49.2 Å². The first-order valence-corrected chi connectivity index (χ1v) is 8.44. The lowest BCUT2D eigenvalue weighted by Gasteiger charge is -2.38. The largest absolute Gasteiger partial charge is 0.462 e. The third-order valence-corrected chi connectivity index (χ3v) is 5.49. The fraction of sp³-hybridized carbons (Fsp3) is 0.588. The van der Waals surface area contributed by atoms with E-state index in [4.69, 9.17) is 9.47 Å². The molecule has 3 aliphatic rings. The van der Waals surface area contributed by atoms with Gasteiger partial charge in [0.1, 0.15) is 30.8 Å². The van der Waals surface area contributed by atoms with Gasteiger partial charge in [0, 0.05) is 24.9 Å². The highest BCUT2D eigenvalue weighted by atomic mass is 16.9. The van der Waals surface area contributed by atoms with Gasteiger partial charge in [0.05, 0.1) is 0 Å². The van der Waals surface area contributed by atoms with E-state index in [0.717, 1.165) is 12.8 Å². The summed E-state index contributed by atoms with van der Waals surface area (Å²) in [5.41, 5.74) is 0.649. The van der Waals surface area contributed by atoms with Crippen LogP contribution in [-0.2, 0) is 19.1 Å². The number of esters is 1. The molecule has 5 unspecified atom stereocenters. The molecule has 0 amide bonds. The van der Waals surface area contributed by atoms with Crippen LogP contribution in [0.25, 0.3) is 0 Å². The van der Waals surface area contributed by atoms with Crippen molar-refractivity contribution in [1.29, 1.82) is 0 Å². The van der Waals surface area contributed by atoms with Gasteiger partial charge in [-0.15, -0.1) is 10.1 Å². The topological polar surface area (TPSA) is 94.4 Å². The predicted octanol–water partition coefficient (Wildman–Crippen LogP) is 1.13. The van der Waals surface area contributed by atoms with Crippen molar-refractivity contribution in [1.82, 2.24) is 4.90 Å². The van der Waals surface area contributed by atoms with Crippen LogP contribution in [0.1, 0.15) is 24.3 Å². The molecule has 134 valence electrons. The molecule has 3 saturated heterocycles. The second-order valence-electron chi connectivity index (χ2n) is 6.88. The van der Waals surface area contributed by atoms with Crippen LogP contribution in [0.4, 0.5) is 0 Å². The summed E-state index contributed by atoms with van der Waals surface area (Å²) in [6.45, 7) is -0.344. The molecule has 0 spiro atoms. The van der Waals surface area contributed by atoms with Gasteiger partial charge in [-0.25, -0.2) is 0 Å². The summed E-state index contributed by atoms with van der Waals surface area (Å²) >= 11 is 0. The fourth-order valence-electron chi connectivity index (χ4n) is 4.16. The Bertz CT molecular complexity index is 650. The Balaban J connectivity index is 1.43. The first-order valence-electron chi connectivity index (χ1n) is 8.44. The van der Waals surface area contributed by atoms with Gasteiger partial charge in [0.2, 0.25) is 0 Å². The van der Waals surface area contributed by atoms with Gasteiger partial charge in [0.25, 0.3) is 5.09 Å². The summed E-state index contributed by atoms with van der Waals surface area (Å²) in [5.74, 6) is -1.29. The number of benzene rings is 1. The van der Waals surface area contributed by atoms with E-state index in [0.29, 0.717) is 5.56 Å². The summed E-state index contributed by atoms with van der Waals surface area (Å²) in [7, 11) is 2.08. The average Bonchev–Trinajstić information content (AvgIpc) is 3.34. The summed E-state index contributed by atoms with van der Waals surface area (Å²) in [4.78, 5) is 30.0. The summed E-state index contributed by atoms with van der Waals surface area (Å²) in [6.07, 6.45) is 1.81. The molecule has 5 atom stereocenters. The molecule has 1 aromatic carbocycles. The van der Waals surface area contributed by atoms with E-state index in [2.05, 4.69) is 16.8 Å². The molecular formula is C17H20N2O6. The van der Waals surface area contributed by atoms with Crippen LogP contribution < -0.4 is 0 Å². The number of piperidine rings is 1. The van der Waals surface area contributed by atoms with Crippen molar-refractivity contribution in [3.63, 3.8) is 0 Å². The van der Waals surface area contributed by atoms with Crippen molar-refractivity contribution in [2.75, 3.05) is 13.7 Å². The molecule has 0 radical (unpaired) electrons. The zero-order chi connectivity index (χ0) is 17.6. The molecule has 0 saturated carbocycles. The molecule has 8 heteroatoms. The number of nitrogens with zero attached hydrogens (tertiary/aromatic N) is 2. The Morgan fingerprint density at radius 3 is 2.56 bits per heavy atom. The van der Waals surface area contributed by atoms with E-state index >= 15 is 0 Å². The Hall–Kier alpha value is -2.19. The number of likely N-dealkylation sites (N-methyl/N-ethyl adjacent to an activating group) is 1. The Morgan fingerprint density at radius 1 is 1.32 bits per heavy atom. The van der Waals surface area contributed by atoms with Crippen LogP contribution >= 0.6 is 0 Å². The van der Waals surface area contributed by atoms with Crippen LogP contribution in [0, 0.1) is 10.1 Å². The van der Waals surface area contributed by atoms with E-state index < -0.39 is 17.0 Å². The van der Waals surface area contributed by atoms with Gasteiger partial charge in [-0.1, -0.05) is 30.3 Å². The number of carbonyl (C=O) groups is 1. The third kappa shape index (κ3) is 3.07. The normalized spacial score (nSPS) is 34.0. The molecule has 0 N–H and O–H groups in total. The highest BCUT2D eigenvalue weighted by molar-refractivity contribution is 5.78. The SMILES string of the molecule is CN1C2CC(OC(=O)C(CO[N+](=O)[O-])c3ccccc3)CC1C1OC12. The van der Waals surface area contributed by atoms with Gasteiger partial charge in [0.15, 0.2) is 0 Å². The van der Waals surface area contributed by atoms with E-state index in [1.807, 2.05) is 6.07 Å². The van der Waals surface area contributed by atoms with Crippen molar-refractivity contribution in [3.05, 3.63) is 46.0 Å². The summed E-state index contributed by atoms with van der Waals surface area (Å²) in [6, 6.07) is 9.44. The number of morpholine rings is 1. The second-order valence-corrected chi connectivity index (χ2v) is 6.88. The number of carbonyl (C=O) groups excluding carboxylic acids is 1. The zero-order valence-corrected chi connectivity index (χ0v) is 13.8. The number of fused-ring (bicyclic) bond motifs is 5. The van der Waals surface area contributed by atoms with Crippen LogP contribution in [-0.4, -0.2) is 60.0 Å². The molecule has 3 aliphatic heterocycles. The molecule has 1 aromatic rings. The van der Waals surface area contributed by atoms with Crippen molar-refractivity contribution < 1.29 is 24.2 Å². The minimum Gasteiger partial charge on any atom is -0.462 e. The molecular weight excluding hydrogens is 328 g/mol. The molecule has 4 rings (SSSR count). The first kappa shape index (κ1) is 16.3. The second kappa shape index (κ2) is 6.27. The minimum absolute atomic E-state index is 0.183.